The Morgan fingerprint density at radius 2 is 0.984 bits per heavy atom. The number of para-hydroxylation sites is 5. The second-order valence-corrected chi connectivity index (χ2v) is 16.2. The Morgan fingerprint density at radius 3 is 1.71 bits per heavy atom. The van der Waals surface area contributed by atoms with Crippen molar-refractivity contribution in [1.29, 1.82) is 0 Å². The lowest BCUT2D eigenvalue weighted by Crippen LogP contribution is -2.33. The Bertz CT molecular complexity index is 3780. The van der Waals surface area contributed by atoms with Crippen LogP contribution in [0.3, 0.4) is 0 Å². The second kappa shape index (κ2) is 14.0. The topological polar surface area (TPSA) is 59.8 Å². The van der Waals surface area contributed by atoms with Crippen molar-refractivity contribution in [2.45, 2.75) is 6.17 Å². The van der Waals surface area contributed by atoms with Crippen molar-refractivity contribution >= 4 is 77.2 Å². The summed E-state index contributed by atoms with van der Waals surface area (Å²) in [5.41, 5.74) is 13.5. The van der Waals surface area contributed by atoms with Gasteiger partial charge in [-0.2, -0.15) is 0 Å². The third-order valence-electron chi connectivity index (χ3n) is 12.5. The van der Waals surface area contributed by atoms with Gasteiger partial charge in [0.25, 0.3) is 0 Å². The van der Waals surface area contributed by atoms with E-state index in [1.54, 1.807) is 0 Å². The fourth-order valence-corrected chi connectivity index (χ4v) is 9.70. The van der Waals surface area contributed by atoms with E-state index in [-0.39, 0.29) is 0 Å². The molecule has 0 aliphatic carbocycles. The van der Waals surface area contributed by atoms with Crippen LogP contribution >= 0.6 is 0 Å². The van der Waals surface area contributed by atoms with Crippen LogP contribution in [0.4, 0.5) is 0 Å². The Labute approximate surface area is 362 Å². The number of rotatable bonds is 6. The molecule has 1 aliphatic rings. The minimum atomic E-state index is -0.427. The highest BCUT2D eigenvalue weighted by atomic mass is 16.3. The van der Waals surface area contributed by atoms with Crippen molar-refractivity contribution in [1.82, 2.24) is 14.5 Å². The zero-order valence-corrected chi connectivity index (χ0v) is 34.0. The van der Waals surface area contributed by atoms with Gasteiger partial charge in [0.05, 0.1) is 27.8 Å². The molecule has 0 saturated carbocycles. The molecule has 63 heavy (non-hydrogen) atoms. The molecule has 6 heteroatoms. The molecule has 4 heterocycles. The Morgan fingerprint density at radius 1 is 0.413 bits per heavy atom. The molecular weight excluding hydrogens is 771 g/mol. The summed E-state index contributed by atoms with van der Waals surface area (Å²) in [5, 5.41) is 10.7. The molecule has 1 aliphatic heterocycles. The number of hydrogen-bond donors (Lipinski definition) is 1. The normalized spacial score (nSPS) is 14.2. The maximum Gasteiger partial charge on any atom is 0.159 e. The van der Waals surface area contributed by atoms with Crippen molar-refractivity contribution in [3.05, 3.63) is 229 Å². The lowest BCUT2D eigenvalue weighted by Gasteiger charge is -2.24. The van der Waals surface area contributed by atoms with E-state index in [1.165, 1.54) is 32.6 Å². The van der Waals surface area contributed by atoms with Crippen molar-refractivity contribution in [2.75, 3.05) is 0 Å². The summed E-state index contributed by atoms with van der Waals surface area (Å²) in [5.74, 6) is 1.40. The minimum absolute atomic E-state index is 0.427. The first kappa shape index (κ1) is 35.3. The standard InChI is InChI=1S/C57H37N5O/c1-3-16-36(17-4-1)39-32-40(57-59-55(37-18-5-2-6-19-37)58-56(60-57)38-30-31-46-45-23-10-14-29-52(45)63-53(46)35-38)34-41(33-39)61-48-25-11-9-22-44(48)47-24-15-28-51(54(47)61)62-49-26-12-7-20-42(49)43-21-8-13-27-50(43)62/h1-35,56H,(H,58,59,60). The molecule has 13 rings (SSSR count). The minimum Gasteiger partial charge on any atom is -0.456 e. The van der Waals surface area contributed by atoms with Crippen LogP contribution in [0, 0.1) is 0 Å². The number of aromatic nitrogens is 2. The summed E-state index contributed by atoms with van der Waals surface area (Å²) in [7, 11) is 0. The van der Waals surface area contributed by atoms with Gasteiger partial charge in [0.1, 0.15) is 23.2 Å². The van der Waals surface area contributed by atoms with E-state index in [9.17, 15) is 0 Å². The summed E-state index contributed by atoms with van der Waals surface area (Å²) >= 11 is 0. The summed E-state index contributed by atoms with van der Waals surface area (Å²) in [6, 6.07) is 75.2. The quantitative estimate of drug-likeness (QED) is 0.182. The van der Waals surface area contributed by atoms with Crippen LogP contribution in [-0.2, 0) is 0 Å². The molecule has 1 atom stereocenters. The first-order valence-corrected chi connectivity index (χ1v) is 21.4. The predicted molar refractivity (Wildman–Crippen MR) is 260 cm³/mol. The van der Waals surface area contributed by atoms with Gasteiger partial charge in [0.15, 0.2) is 5.84 Å². The molecular formula is C57H37N5O. The average molecular weight is 808 g/mol. The fourth-order valence-electron chi connectivity index (χ4n) is 9.70. The Hall–Kier alpha value is -8.48. The predicted octanol–water partition coefficient (Wildman–Crippen LogP) is 13.9. The second-order valence-electron chi connectivity index (χ2n) is 16.2. The first-order valence-electron chi connectivity index (χ1n) is 21.4. The van der Waals surface area contributed by atoms with Gasteiger partial charge in [-0.05, 0) is 65.7 Å². The van der Waals surface area contributed by atoms with Crippen molar-refractivity contribution < 1.29 is 4.42 Å². The molecule has 6 nitrogen and oxygen atoms in total. The highest BCUT2D eigenvalue weighted by Gasteiger charge is 2.25. The molecule has 0 amide bonds. The number of amidine groups is 2. The van der Waals surface area contributed by atoms with E-state index in [0.717, 1.165) is 78.0 Å². The lowest BCUT2D eigenvalue weighted by molar-refractivity contribution is 0.655. The van der Waals surface area contributed by atoms with Gasteiger partial charge in [-0.1, -0.05) is 158 Å². The third-order valence-corrected chi connectivity index (χ3v) is 12.5. The summed E-state index contributed by atoms with van der Waals surface area (Å²) in [6.07, 6.45) is -0.427. The molecule has 0 saturated heterocycles. The van der Waals surface area contributed by atoms with Crippen LogP contribution in [0.5, 0.6) is 0 Å². The number of aliphatic imine (C=N–C) groups is 2. The van der Waals surface area contributed by atoms with Crippen LogP contribution < -0.4 is 5.32 Å². The van der Waals surface area contributed by atoms with Crippen LogP contribution in [-0.4, -0.2) is 20.8 Å². The van der Waals surface area contributed by atoms with E-state index >= 15 is 0 Å². The van der Waals surface area contributed by atoms with Gasteiger partial charge in [-0.15, -0.1) is 0 Å². The number of nitrogens with one attached hydrogen (secondary N) is 1. The fraction of sp³-hybridized carbons (Fsp3) is 0.0175. The molecule has 1 N–H and O–H groups in total. The highest BCUT2D eigenvalue weighted by Crippen LogP contribution is 2.41. The molecule has 3 aromatic heterocycles. The van der Waals surface area contributed by atoms with Crippen LogP contribution in [0.2, 0.25) is 0 Å². The van der Waals surface area contributed by atoms with Crippen molar-refractivity contribution in [3.8, 4) is 22.5 Å². The zero-order valence-electron chi connectivity index (χ0n) is 34.0. The smallest absolute Gasteiger partial charge is 0.159 e. The van der Waals surface area contributed by atoms with Gasteiger partial charge >= 0.3 is 0 Å². The SMILES string of the molecule is c1ccc(C2=NC(c3cc(-c4ccccc4)cc(-n4c5ccccc5c5cccc(-n6c7ccccc7c7ccccc76)c54)c3)=NC(c3ccc4c(c3)oc3ccccc34)N2)cc1. The Kier molecular flexibility index (Phi) is 7.87. The van der Waals surface area contributed by atoms with Crippen molar-refractivity contribution in [3.63, 3.8) is 0 Å². The van der Waals surface area contributed by atoms with E-state index in [4.69, 9.17) is 14.4 Å². The molecule has 0 fully saturated rings. The van der Waals surface area contributed by atoms with Gasteiger partial charge < -0.3 is 18.9 Å². The molecule has 12 aromatic rings. The number of nitrogens with zero attached hydrogens (tertiary/aromatic N) is 4. The zero-order chi connectivity index (χ0) is 41.4. The summed E-state index contributed by atoms with van der Waals surface area (Å²) < 4.78 is 11.2. The molecule has 0 radical (unpaired) electrons. The van der Waals surface area contributed by atoms with Crippen LogP contribution in [0.1, 0.15) is 22.9 Å². The van der Waals surface area contributed by atoms with Gasteiger partial charge in [0, 0.05) is 54.7 Å². The van der Waals surface area contributed by atoms with E-state index < -0.39 is 6.17 Å². The maximum atomic E-state index is 6.37. The molecule has 9 aromatic carbocycles. The largest absolute Gasteiger partial charge is 0.456 e. The van der Waals surface area contributed by atoms with Crippen molar-refractivity contribution in [2.24, 2.45) is 9.98 Å². The number of furan rings is 1. The number of hydrogen-bond acceptors (Lipinski definition) is 4. The monoisotopic (exact) mass is 807 g/mol. The average Bonchev–Trinajstić information content (AvgIpc) is 4.02. The molecule has 1 unspecified atom stereocenters. The molecule has 0 spiro atoms. The molecule has 0 bridgehead atoms. The Balaban J connectivity index is 1.07. The number of fused-ring (bicyclic) bond motifs is 9. The first-order chi connectivity index (χ1) is 31.2. The highest BCUT2D eigenvalue weighted by molar-refractivity contribution is 6.16. The third kappa shape index (κ3) is 5.65. The van der Waals surface area contributed by atoms with E-state index in [2.05, 4.69) is 196 Å². The number of benzene rings is 9. The molecule has 296 valence electrons. The lowest BCUT2D eigenvalue weighted by atomic mass is 10.0. The van der Waals surface area contributed by atoms with Gasteiger partial charge in [-0.3, -0.25) is 0 Å². The van der Waals surface area contributed by atoms with Crippen LogP contribution in [0.25, 0.3) is 88.1 Å². The van der Waals surface area contributed by atoms with E-state index in [0.29, 0.717) is 5.84 Å². The maximum absolute atomic E-state index is 6.37. The van der Waals surface area contributed by atoms with Gasteiger partial charge in [0.2, 0.25) is 0 Å². The van der Waals surface area contributed by atoms with Crippen LogP contribution in [0.15, 0.2) is 227 Å². The van der Waals surface area contributed by atoms with E-state index in [1.807, 2.05) is 30.3 Å². The summed E-state index contributed by atoms with van der Waals surface area (Å²) in [6.45, 7) is 0. The van der Waals surface area contributed by atoms with Gasteiger partial charge in [-0.25, -0.2) is 9.98 Å². The summed E-state index contributed by atoms with van der Waals surface area (Å²) in [4.78, 5) is 10.8.